The molecule has 0 radical (unpaired) electrons. The van der Waals surface area contributed by atoms with Crippen LogP contribution in [0.5, 0.6) is 0 Å². The lowest BCUT2D eigenvalue weighted by Crippen LogP contribution is -2.12. The minimum absolute atomic E-state index is 0.148. The molecule has 0 aliphatic heterocycles. The van der Waals surface area contributed by atoms with Gasteiger partial charge in [-0.05, 0) is 49.4 Å². The average molecular weight is 278 g/mol. The van der Waals surface area contributed by atoms with Crippen molar-refractivity contribution in [2.75, 3.05) is 5.32 Å². The molecule has 0 saturated carbocycles. The van der Waals surface area contributed by atoms with Gasteiger partial charge in [0.05, 0.1) is 5.69 Å². The summed E-state index contributed by atoms with van der Waals surface area (Å²) in [7, 11) is 0. The van der Waals surface area contributed by atoms with E-state index in [9.17, 15) is 4.79 Å². The first-order valence-electron chi connectivity index (χ1n) is 6.56. The molecule has 1 N–H and O–H groups in total. The van der Waals surface area contributed by atoms with E-state index in [1.165, 1.54) is 0 Å². The topological polar surface area (TPSA) is 59.8 Å². The third-order valence-electron chi connectivity index (χ3n) is 3.14. The fraction of sp³-hybridized carbons (Fsp3) is 0.0625. The van der Waals surface area contributed by atoms with E-state index in [-0.39, 0.29) is 5.91 Å². The van der Waals surface area contributed by atoms with Crippen LogP contribution in [0.15, 0.2) is 61.1 Å². The lowest BCUT2D eigenvalue weighted by atomic mass is 10.2. The Kier molecular flexibility index (Phi) is 3.47. The van der Waals surface area contributed by atoms with Crippen molar-refractivity contribution in [3.05, 3.63) is 72.3 Å². The van der Waals surface area contributed by atoms with Crippen LogP contribution in [-0.4, -0.2) is 20.7 Å². The second kappa shape index (κ2) is 5.58. The zero-order valence-corrected chi connectivity index (χ0v) is 11.5. The molecule has 104 valence electrons. The highest BCUT2D eigenvalue weighted by atomic mass is 16.1. The Morgan fingerprint density at radius 1 is 1.00 bits per heavy atom. The second-order valence-corrected chi connectivity index (χ2v) is 4.62. The van der Waals surface area contributed by atoms with Crippen molar-refractivity contribution in [3.63, 3.8) is 0 Å². The van der Waals surface area contributed by atoms with Crippen molar-refractivity contribution >= 4 is 11.6 Å². The molecule has 2 heterocycles. The minimum Gasteiger partial charge on any atom is -0.322 e. The molecule has 0 aliphatic rings. The molecule has 0 spiro atoms. The second-order valence-electron chi connectivity index (χ2n) is 4.62. The number of aromatic nitrogens is 3. The van der Waals surface area contributed by atoms with E-state index in [1.54, 1.807) is 42.9 Å². The number of hydrogen-bond donors (Lipinski definition) is 1. The van der Waals surface area contributed by atoms with Gasteiger partial charge in [0.15, 0.2) is 0 Å². The molecule has 3 aromatic rings. The molecule has 0 saturated heterocycles. The number of amides is 1. The summed E-state index contributed by atoms with van der Waals surface area (Å²) < 4.78 is 1.82. The van der Waals surface area contributed by atoms with Crippen LogP contribution in [0.1, 0.15) is 16.1 Å². The zero-order chi connectivity index (χ0) is 14.7. The van der Waals surface area contributed by atoms with Crippen LogP contribution in [0.25, 0.3) is 5.69 Å². The van der Waals surface area contributed by atoms with Crippen molar-refractivity contribution in [3.8, 4) is 5.69 Å². The van der Waals surface area contributed by atoms with Crippen molar-refractivity contribution < 1.29 is 4.79 Å². The maximum Gasteiger partial charge on any atom is 0.255 e. The number of carbonyl (C=O) groups is 1. The number of aryl methyl sites for hydroxylation is 1. The normalized spacial score (nSPS) is 10.3. The van der Waals surface area contributed by atoms with E-state index in [2.05, 4.69) is 15.4 Å². The SMILES string of the molecule is Cc1ccnn1-c1ccc(C(=O)Nc2ccncc2)cc1. The van der Waals surface area contributed by atoms with Crippen LogP contribution in [0.4, 0.5) is 5.69 Å². The molecular weight excluding hydrogens is 264 g/mol. The zero-order valence-electron chi connectivity index (χ0n) is 11.5. The summed E-state index contributed by atoms with van der Waals surface area (Å²) in [5.41, 5.74) is 3.30. The van der Waals surface area contributed by atoms with Crippen molar-refractivity contribution in [2.45, 2.75) is 6.92 Å². The fourth-order valence-corrected chi connectivity index (χ4v) is 2.03. The quantitative estimate of drug-likeness (QED) is 0.801. The summed E-state index contributed by atoms with van der Waals surface area (Å²) in [5.74, 6) is -0.148. The lowest BCUT2D eigenvalue weighted by Gasteiger charge is -2.07. The monoisotopic (exact) mass is 278 g/mol. The van der Waals surface area contributed by atoms with Gasteiger partial charge < -0.3 is 5.32 Å². The number of anilines is 1. The highest BCUT2D eigenvalue weighted by Gasteiger charge is 2.07. The molecule has 1 aromatic carbocycles. The van der Waals surface area contributed by atoms with Crippen LogP contribution < -0.4 is 5.32 Å². The summed E-state index contributed by atoms with van der Waals surface area (Å²) >= 11 is 0. The Bertz CT molecular complexity index is 747. The lowest BCUT2D eigenvalue weighted by molar-refractivity contribution is 0.102. The number of nitrogens with zero attached hydrogens (tertiary/aromatic N) is 3. The summed E-state index contributed by atoms with van der Waals surface area (Å²) in [6.07, 6.45) is 5.03. The standard InChI is InChI=1S/C16H14N4O/c1-12-6-11-18-20(12)15-4-2-13(3-5-15)16(21)19-14-7-9-17-10-8-14/h2-11H,1H3,(H,17,19,21). The number of pyridine rings is 1. The maximum absolute atomic E-state index is 12.1. The third kappa shape index (κ3) is 2.81. The Balaban J connectivity index is 1.78. The van der Waals surface area contributed by atoms with Crippen molar-refractivity contribution in [1.82, 2.24) is 14.8 Å². The average Bonchev–Trinajstić information content (AvgIpc) is 2.94. The van der Waals surface area contributed by atoms with Crippen LogP contribution in [0, 0.1) is 6.92 Å². The van der Waals surface area contributed by atoms with Crippen LogP contribution in [-0.2, 0) is 0 Å². The van der Waals surface area contributed by atoms with Crippen molar-refractivity contribution in [2.24, 2.45) is 0 Å². The molecule has 2 aromatic heterocycles. The molecule has 3 rings (SSSR count). The van der Waals surface area contributed by atoms with Gasteiger partial charge in [-0.1, -0.05) is 0 Å². The van der Waals surface area contributed by atoms with E-state index >= 15 is 0 Å². The van der Waals surface area contributed by atoms with Gasteiger partial charge in [-0.3, -0.25) is 9.78 Å². The van der Waals surface area contributed by atoms with Gasteiger partial charge in [-0.2, -0.15) is 5.10 Å². The molecule has 1 amide bonds. The highest BCUT2D eigenvalue weighted by Crippen LogP contribution is 2.13. The van der Waals surface area contributed by atoms with E-state index < -0.39 is 0 Å². The van der Waals surface area contributed by atoms with Gasteiger partial charge in [-0.15, -0.1) is 0 Å². The predicted octanol–water partition coefficient (Wildman–Crippen LogP) is 2.83. The van der Waals surface area contributed by atoms with Gasteiger partial charge in [0.25, 0.3) is 5.91 Å². The molecular formula is C16H14N4O. The number of nitrogens with one attached hydrogen (secondary N) is 1. The van der Waals surface area contributed by atoms with Crippen LogP contribution in [0.2, 0.25) is 0 Å². The Morgan fingerprint density at radius 3 is 2.33 bits per heavy atom. The smallest absolute Gasteiger partial charge is 0.255 e. The summed E-state index contributed by atoms with van der Waals surface area (Å²) in [6.45, 7) is 1.98. The fourth-order valence-electron chi connectivity index (χ4n) is 2.03. The van der Waals surface area contributed by atoms with E-state index in [4.69, 9.17) is 0 Å². The van der Waals surface area contributed by atoms with Crippen molar-refractivity contribution in [1.29, 1.82) is 0 Å². The maximum atomic E-state index is 12.1. The van der Waals surface area contributed by atoms with Gasteiger partial charge in [0.2, 0.25) is 0 Å². The van der Waals surface area contributed by atoms with E-state index in [0.717, 1.165) is 17.1 Å². The summed E-state index contributed by atoms with van der Waals surface area (Å²) in [4.78, 5) is 16.0. The number of carbonyl (C=O) groups excluding carboxylic acids is 1. The first-order chi connectivity index (χ1) is 10.2. The Labute approximate surface area is 122 Å². The molecule has 0 atom stereocenters. The Morgan fingerprint density at radius 2 is 1.71 bits per heavy atom. The van der Waals surface area contributed by atoms with Crippen LogP contribution in [0.3, 0.4) is 0 Å². The minimum atomic E-state index is -0.148. The molecule has 0 unspecified atom stereocenters. The Hall–Kier alpha value is -2.95. The van der Waals surface area contributed by atoms with E-state index in [0.29, 0.717) is 5.56 Å². The summed E-state index contributed by atoms with van der Waals surface area (Å²) in [6, 6.07) is 12.8. The van der Waals surface area contributed by atoms with Gasteiger partial charge >= 0.3 is 0 Å². The van der Waals surface area contributed by atoms with Gasteiger partial charge in [0.1, 0.15) is 0 Å². The first kappa shape index (κ1) is 13.1. The number of rotatable bonds is 3. The molecule has 0 aliphatic carbocycles. The molecule has 5 heteroatoms. The van der Waals surface area contributed by atoms with Gasteiger partial charge in [-0.25, -0.2) is 4.68 Å². The highest BCUT2D eigenvalue weighted by molar-refractivity contribution is 6.04. The number of hydrogen-bond acceptors (Lipinski definition) is 3. The van der Waals surface area contributed by atoms with E-state index in [1.807, 2.05) is 29.8 Å². The molecule has 5 nitrogen and oxygen atoms in total. The summed E-state index contributed by atoms with van der Waals surface area (Å²) in [5, 5.41) is 7.06. The number of benzene rings is 1. The van der Waals surface area contributed by atoms with Gasteiger partial charge in [0, 0.05) is 35.5 Å². The predicted molar refractivity (Wildman–Crippen MR) is 80.5 cm³/mol. The largest absolute Gasteiger partial charge is 0.322 e. The molecule has 21 heavy (non-hydrogen) atoms. The van der Waals surface area contributed by atoms with Crippen LogP contribution >= 0.6 is 0 Å². The third-order valence-corrected chi connectivity index (χ3v) is 3.14. The molecule has 0 fully saturated rings. The molecule has 0 bridgehead atoms. The first-order valence-corrected chi connectivity index (χ1v) is 6.56.